The highest BCUT2D eigenvalue weighted by Crippen LogP contribution is 2.32. The monoisotopic (exact) mass is 873 g/mol. The molecule has 4 aromatic carbocycles. The lowest BCUT2D eigenvalue weighted by molar-refractivity contribution is 0.0732. The van der Waals surface area contributed by atoms with Crippen molar-refractivity contribution in [2.75, 3.05) is 31.5 Å². The van der Waals surface area contributed by atoms with E-state index in [9.17, 15) is 18.0 Å². The molecule has 2 aliphatic heterocycles. The number of amides is 3. The Morgan fingerprint density at radius 3 is 2.37 bits per heavy atom. The van der Waals surface area contributed by atoms with Gasteiger partial charge in [-0.15, -0.1) is 0 Å². The second-order valence-electron chi connectivity index (χ2n) is 16.3. The topological polar surface area (TPSA) is 130 Å². The van der Waals surface area contributed by atoms with E-state index in [-0.39, 0.29) is 45.1 Å². The van der Waals surface area contributed by atoms with E-state index in [1.807, 2.05) is 60.3 Å². The molecule has 0 spiro atoms. The van der Waals surface area contributed by atoms with Crippen LogP contribution >= 0.6 is 11.6 Å². The van der Waals surface area contributed by atoms with Crippen LogP contribution in [0.2, 0.25) is 5.02 Å². The first-order valence-corrected chi connectivity index (χ1v) is 23.2. The van der Waals surface area contributed by atoms with Gasteiger partial charge in [0.05, 0.1) is 33.4 Å². The van der Waals surface area contributed by atoms with E-state index in [1.165, 1.54) is 22.9 Å². The fourth-order valence-corrected chi connectivity index (χ4v) is 10.1. The number of nitrogens with zero attached hydrogens (tertiary/aromatic N) is 6. The van der Waals surface area contributed by atoms with Crippen molar-refractivity contribution in [2.24, 2.45) is 7.05 Å². The van der Waals surface area contributed by atoms with Gasteiger partial charge in [0.2, 0.25) is 0 Å². The van der Waals surface area contributed by atoms with Crippen molar-refractivity contribution in [3.8, 4) is 5.69 Å². The molecule has 0 unspecified atom stereocenters. The smallest absolute Gasteiger partial charge is 0.275 e. The third kappa shape index (κ3) is 8.23. The minimum absolute atomic E-state index is 0.000863. The zero-order valence-electron chi connectivity index (χ0n) is 35.7. The molecule has 0 saturated heterocycles. The van der Waals surface area contributed by atoms with Gasteiger partial charge in [0.1, 0.15) is 0 Å². The first-order valence-electron chi connectivity index (χ1n) is 21.4. The van der Waals surface area contributed by atoms with E-state index in [2.05, 4.69) is 25.2 Å². The number of anilines is 1. The molecule has 4 heterocycles. The molecule has 2 aliphatic rings. The van der Waals surface area contributed by atoms with Gasteiger partial charge in [-0.25, -0.2) is 17.4 Å². The number of fused-ring (bicyclic) bond motifs is 3. The van der Waals surface area contributed by atoms with Crippen LogP contribution in [0.5, 0.6) is 0 Å². The number of halogens is 1. The second-order valence-corrected chi connectivity index (χ2v) is 18.5. The van der Waals surface area contributed by atoms with Crippen LogP contribution in [-0.2, 0) is 43.0 Å². The molecule has 62 heavy (non-hydrogen) atoms. The largest absolute Gasteiger partial charge is 0.384 e. The number of carbonyl (C=O) groups is 3. The molecule has 2 aromatic heterocycles. The van der Waals surface area contributed by atoms with Crippen LogP contribution < -0.4 is 5.32 Å². The summed E-state index contributed by atoms with van der Waals surface area (Å²) in [4.78, 5) is 47.5. The van der Waals surface area contributed by atoms with Crippen LogP contribution in [0.1, 0.15) is 98.7 Å². The van der Waals surface area contributed by atoms with Gasteiger partial charge < -0.3 is 19.7 Å². The normalized spacial score (nSPS) is 13.5. The Balaban J connectivity index is 1.23. The molecule has 0 bridgehead atoms. The highest BCUT2D eigenvalue weighted by molar-refractivity contribution is 7.89. The predicted octanol–water partition coefficient (Wildman–Crippen LogP) is 8.57. The Morgan fingerprint density at radius 1 is 0.855 bits per heavy atom. The van der Waals surface area contributed by atoms with Crippen molar-refractivity contribution in [2.45, 2.75) is 77.3 Å². The summed E-state index contributed by atoms with van der Waals surface area (Å²) in [6.07, 6.45) is 6.72. The van der Waals surface area contributed by atoms with Gasteiger partial charge in [0.25, 0.3) is 27.7 Å². The molecule has 0 saturated carbocycles. The predicted molar refractivity (Wildman–Crippen MR) is 243 cm³/mol. The quantitative estimate of drug-likeness (QED) is 0.116. The summed E-state index contributed by atoms with van der Waals surface area (Å²) >= 11 is 6.93. The van der Waals surface area contributed by atoms with Crippen molar-refractivity contribution in [1.82, 2.24) is 28.5 Å². The minimum Gasteiger partial charge on any atom is -0.384 e. The fourth-order valence-electron chi connectivity index (χ4n) is 8.43. The molecule has 0 aliphatic carbocycles. The number of benzene rings is 4. The number of unbranched alkanes of at least 4 members (excludes halogenated alkanes) is 2. The van der Waals surface area contributed by atoms with Crippen LogP contribution in [-0.4, -0.2) is 80.8 Å². The van der Waals surface area contributed by atoms with E-state index < -0.39 is 15.9 Å². The van der Waals surface area contributed by atoms with Crippen molar-refractivity contribution in [3.63, 3.8) is 0 Å². The van der Waals surface area contributed by atoms with Gasteiger partial charge in [-0.2, -0.15) is 5.10 Å². The number of carbonyl (C=O) groups excluding carboxylic acids is 3. The van der Waals surface area contributed by atoms with E-state index in [0.717, 1.165) is 63.3 Å². The summed E-state index contributed by atoms with van der Waals surface area (Å²) < 4.78 is 33.9. The minimum atomic E-state index is -4.43. The Labute approximate surface area is 368 Å². The first kappa shape index (κ1) is 42.8. The average molecular weight is 875 g/mol. The lowest BCUT2D eigenvalue weighted by Gasteiger charge is -2.30. The molecular weight excluding hydrogens is 822 g/mol. The zero-order chi connectivity index (χ0) is 43.7. The Morgan fingerprint density at radius 2 is 1.61 bits per heavy atom. The number of nitrogens with one attached hydrogen (secondary N) is 1. The standard InChI is InChI=1S/C48H52ClN7O5S/c1-5-7-23-53(24-8-6-2)48(59)45-44(49)32(3)56(51-45)42-18-15-37(29-40(42)47(58)54-26-21-34-11-9-10-12-38(34)31-54)46(57)55(30-33-13-14-35-20-25-52(4)43(35)27-33)62(60,61)39-16-17-41-36(28-39)19-22-50-41/h9-18,20,25,27-29,50H,5-8,19,21-24,26,30-31H2,1-4H3. The number of sulfonamides is 1. The number of aromatic nitrogens is 3. The number of hydrogen-bond acceptors (Lipinski definition) is 7. The summed E-state index contributed by atoms with van der Waals surface area (Å²) in [5, 5.41) is 9.19. The van der Waals surface area contributed by atoms with Gasteiger partial charge in [-0.3, -0.25) is 14.4 Å². The van der Waals surface area contributed by atoms with E-state index >= 15 is 4.79 Å². The highest BCUT2D eigenvalue weighted by Gasteiger charge is 2.34. The van der Waals surface area contributed by atoms with Gasteiger partial charge in [-0.1, -0.05) is 74.7 Å². The number of hydrogen-bond donors (Lipinski definition) is 1. The zero-order valence-corrected chi connectivity index (χ0v) is 37.2. The van der Waals surface area contributed by atoms with Gasteiger partial charge >= 0.3 is 0 Å². The highest BCUT2D eigenvalue weighted by atomic mass is 35.5. The average Bonchev–Trinajstić information content (AvgIpc) is 4.00. The Bertz CT molecular complexity index is 2810. The molecule has 0 radical (unpaired) electrons. The maximum Gasteiger partial charge on any atom is 0.275 e. The molecule has 0 atom stereocenters. The number of aryl methyl sites for hydroxylation is 1. The lowest BCUT2D eigenvalue weighted by Crippen LogP contribution is -2.38. The molecular formula is C48H52ClN7O5S. The molecule has 1 N–H and O–H groups in total. The van der Waals surface area contributed by atoms with E-state index in [0.29, 0.717) is 62.5 Å². The molecule has 14 heteroatoms. The first-order chi connectivity index (χ1) is 29.9. The Kier molecular flexibility index (Phi) is 12.3. The molecule has 0 fully saturated rings. The number of rotatable bonds is 14. The molecule has 322 valence electrons. The van der Waals surface area contributed by atoms with Crippen LogP contribution in [0.25, 0.3) is 16.6 Å². The maximum absolute atomic E-state index is 15.0. The molecule has 3 amide bonds. The summed E-state index contributed by atoms with van der Waals surface area (Å²) in [6, 6.07) is 25.0. The Hall–Kier alpha value is -5.92. The van der Waals surface area contributed by atoms with Crippen molar-refractivity contribution in [1.29, 1.82) is 0 Å². The summed E-state index contributed by atoms with van der Waals surface area (Å²) in [6.45, 7) is 8.22. The van der Waals surface area contributed by atoms with E-state index in [4.69, 9.17) is 16.7 Å². The molecule has 12 nitrogen and oxygen atoms in total. The van der Waals surface area contributed by atoms with Crippen molar-refractivity contribution < 1.29 is 22.8 Å². The maximum atomic E-state index is 15.0. The summed E-state index contributed by atoms with van der Waals surface area (Å²) in [5.74, 6) is -1.46. The summed E-state index contributed by atoms with van der Waals surface area (Å²) in [7, 11) is -2.52. The van der Waals surface area contributed by atoms with Crippen LogP contribution in [0.15, 0.2) is 96.0 Å². The fraction of sp³-hybridized carbons (Fsp3) is 0.333. The van der Waals surface area contributed by atoms with Crippen LogP contribution in [0, 0.1) is 6.92 Å². The summed E-state index contributed by atoms with van der Waals surface area (Å²) in [5.41, 5.74) is 6.36. The van der Waals surface area contributed by atoms with Crippen molar-refractivity contribution >= 4 is 55.9 Å². The lowest BCUT2D eigenvalue weighted by atomic mass is 9.98. The van der Waals surface area contributed by atoms with Crippen molar-refractivity contribution in [3.05, 3.63) is 141 Å². The second kappa shape index (κ2) is 17.8. The van der Waals surface area contributed by atoms with E-state index in [1.54, 1.807) is 34.9 Å². The van der Waals surface area contributed by atoms with Gasteiger partial charge in [-0.05, 0) is 109 Å². The molecule has 6 aromatic rings. The van der Waals surface area contributed by atoms with Crippen LogP contribution in [0.3, 0.4) is 0 Å². The SMILES string of the molecule is CCCCN(CCCC)C(=O)c1nn(-c2ccc(C(=O)N(Cc3ccc4ccn(C)c4c3)S(=O)(=O)c3ccc4c(c3)CCN4)cc2C(=O)N2CCc3ccccc3C2)c(C)c1Cl. The molecule has 8 rings (SSSR count). The van der Waals surface area contributed by atoms with Gasteiger partial charge in [0, 0.05) is 62.7 Å². The third-order valence-corrected chi connectivity index (χ3v) is 14.3. The third-order valence-electron chi connectivity index (χ3n) is 12.1. The van der Waals surface area contributed by atoms with Gasteiger partial charge in [0.15, 0.2) is 5.69 Å². The van der Waals surface area contributed by atoms with Crippen LogP contribution in [0.4, 0.5) is 5.69 Å².